The van der Waals surface area contributed by atoms with E-state index in [1.165, 1.54) is 0 Å². The van der Waals surface area contributed by atoms with Gasteiger partial charge >= 0.3 is 0 Å². The third-order valence-corrected chi connectivity index (χ3v) is 3.29. The highest BCUT2D eigenvalue weighted by atomic mass is 16.5. The van der Waals surface area contributed by atoms with Crippen LogP contribution in [0.25, 0.3) is 10.9 Å². The molecular weight excluding hydrogens is 252 g/mol. The molecule has 20 heavy (non-hydrogen) atoms. The monoisotopic (exact) mass is 274 g/mol. The van der Waals surface area contributed by atoms with Crippen LogP contribution in [0.4, 0.5) is 0 Å². The molecule has 0 saturated carbocycles. The smallest absolute Gasteiger partial charge is 0.121 e. The Labute approximate surface area is 119 Å². The molecule has 1 aromatic heterocycles. The van der Waals surface area contributed by atoms with E-state index in [0.29, 0.717) is 6.61 Å². The van der Waals surface area contributed by atoms with Crippen LogP contribution < -0.4 is 10.1 Å². The molecule has 0 aliphatic rings. The highest BCUT2D eigenvalue weighted by Crippen LogP contribution is 2.19. The van der Waals surface area contributed by atoms with E-state index in [2.05, 4.69) is 17.2 Å². The maximum absolute atomic E-state index is 9.51. The van der Waals surface area contributed by atoms with Crippen molar-refractivity contribution in [3.63, 3.8) is 0 Å². The second-order valence-electron chi connectivity index (χ2n) is 5.29. The Hall–Kier alpha value is -1.65. The van der Waals surface area contributed by atoms with Crippen molar-refractivity contribution in [1.82, 2.24) is 10.3 Å². The van der Waals surface area contributed by atoms with Crippen LogP contribution in [0.1, 0.15) is 20.3 Å². The predicted molar refractivity (Wildman–Crippen MR) is 81.0 cm³/mol. The van der Waals surface area contributed by atoms with E-state index in [1.807, 2.05) is 37.3 Å². The van der Waals surface area contributed by atoms with Crippen LogP contribution in [0.15, 0.2) is 36.5 Å². The molecule has 108 valence electrons. The van der Waals surface area contributed by atoms with Crippen molar-refractivity contribution < 1.29 is 9.84 Å². The normalized spacial score (nSPS) is 14.2. The maximum atomic E-state index is 9.51. The standard InChI is InChI=1S/C16H22N2O2/c1-3-8-18-16(2,11-19)12-20-14-7-6-13-5-4-9-17-15(13)10-14/h4-7,9-10,18-19H,3,8,11-12H2,1-2H3. The third kappa shape index (κ3) is 3.68. The Morgan fingerprint density at radius 3 is 2.95 bits per heavy atom. The number of benzene rings is 1. The summed E-state index contributed by atoms with van der Waals surface area (Å²) in [7, 11) is 0. The van der Waals surface area contributed by atoms with Gasteiger partial charge in [0.1, 0.15) is 12.4 Å². The molecule has 4 heteroatoms. The second kappa shape index (κ2) is 6.68. The number of aliphatic hydroxyl groups is 1. The van der Waals surface area contributed by atoms with Crippen LogP contribution >= 0.6 is 0 Å². The summed E-state index contributed by atoms with van der Waals surface area (Å²) in [4.78, 5) is 4.31. The molecule has 0 aliphatic heterocycles. The molecule has 0 saturated heterocycles. The Morgan fingerprint density at radius 1 is 1.35 bits per heavy atom. The van der Waals surface area contributed by atoms with Gasteiger partial charge in [-0.2, -0.15) is 0 Å². The molecule has 1 unspecified atom stereocenters. The lowest BCUT2D eigenvalue weighted by Gasteiger charge is -2.28. The van der Waals surface area contributed by atoms with Crippen molar-refractivity contribution in [1.29, 1.82) is 0 Å². The number of pyridine rings is 1. The number of aliphatic hydroxyl groups excluding tert-OH is 1. The molecule has 0 aliphatic carbocycles. The number of rotatable bonds is 7. The Morgan fingerprint density at radius 2 is 2.20 bits per heavy atom. The summed E-state index contributed by atoms with van der Waals surface area (Å²) in [6.45, 7) is 5.38. The SMILES string of the molecule is CCCNC(C)(CO)COc1ccc2cccnc2c1. The average Bonchev–Trinajstić information content (AvgIpc) is 2.51. The quantitative estimate of drug-likeness (QED) is 0.814. The van der Waals surface area contributed by atoms with Crippen LogP contribution in [-0.2, 0) is 0 Å². The highest BCUT2D eigenvalue weighted by Gasteiger charge is 2.23. The maximum Gasteiger partial charge on any atom is 0.121 e. The van der Waals surface area contributed by atoms with E-state index in [-0.39, 0.29) is 6.61 Å². The topological polar surface area (TPSA) is 54.4 Å². The predicted octanol–water partition coefficient (Wildman–Crippen LogP) is 2.36. The first-order chi connectivity index (χ1) is 9.67. The minimum atomic E-state index is -0.422. The van der Waals surface area contributed by atoms with Gasteiger partial charge in [-0.1, -0.05) is 13.0 Å². The Bertz CT molecular complexity index is 559. The second-order valence-corrected chi connectivity index (χ2v) is 5.29. The molecule has 0 radical (unpaired) electrons. The van der Waals surface area contributed by atoms with E-state index in [4.69, 9.17) is 4.74 Å². The van der Waals surface area contributed by atoms with E-state index < -0.39 is 5.54 Å². The third-order valence-electron chi connectivity index (χ3n) is 3.29. The van der Waals surface area contributed by atoms with Gasteiger partial charge in [0, 0.05) is 17.6 Å². The minimum Gasteiger partial charge on any atom is -0.492 e. The lowest BCUT2D eigenvalue weighted by Crippen LogP contribution is -2.50. The minimum absolute atomic E-state index is 0.0405. The fraction of sp³-hybridized carbons (Fsp3) is 0.438. The van der Waals surface area contributed by atoms with Crippen molar-refractivity contribution in [3.05, 3.63) is 36.5 Å². The largest absolute Gasteiger partial charge is 0.492 e. The molecule has 1 heterocycles. The van der Waals surface area contributed by atoms with E-state index in [0.717, 1.165) is 29.6 Å². The summed E-state index contributed by atoms with van der Waals surface area (Å²) >= 11 is 0. The summed E-state index contributed by atoms with van der Waals surface area (Å²) in [6.07, 6.45) is 2.79. The van der Waals surface area contributed by atoms with E-state index in [1.54, 1.807) is 6.20 Å². The molecule has 0 fully saturated rings. The van der Waals surface area contributed by atoms with Gasteiger partial charge in [-0.25, -0.2) is 0 Å². The van der Waals surface area contributed by atoms with Crippen LogP contribution in [0, 0.1) is 0 Å². The summed E-state index contributed by atoms with van der Waals surface area (Å²) < 4.78 is 5.80. The van der Waals surface area contributed by atoms with Gasteiger partial charge in [-0.3, -0.25) is 4.98 Å². The van der Waals surface area contributed by atoms with Gasteiger partial charge in [0.15, 0.2) is 0 Å². The number of aromatic nitrogens is 1. The summed E-state index contributed by atoms with van der Waals surface area (Å²) in [5, 5.41) is 13.9. The van der Waals surface area contributed by atoms with Crippen LogP contribution in [-0.4, -0.2) is 35.4 Å². The average molecular weight is 274 g/mol. The zero-order chi connectivity index (χ0) is 14.4. The van der Waals surface area contributed by atoms with Crippen LogP contribution in [0.2, 0.25) is 0 Å². The molecule has 2 rings (SSSR count). The lowest BCUT2D eigenvalue weighted by atomic mass is 10.1. The molecule has 2 N–H and O–H groups in total. The van der Waals surface area contributed by atoms with Gasteiger partial charge in [0.05, 0.1) is 17.7 Å². The van der Waals surface area contributed by atoms with Crippen molar-refractivity contribution >= 4 is 10.9 Å². The fourth-order valence-electron chi connectivity index (χ4n) is 1.96. The first-order valence-corrected chi connectivity index (χ1v) is 7.00. The Balaban J connectivity index is 2.04. The number of fused-ring (bicyclic) bond motifs is 1. The molecule has 0 amide bonds. The molecule has 0 spiro atoms. The van der Waals surface area contributed by atoms with Crippen molar-refractivity contribution in [2.45, 2.75) is 25.8 Å². The first kappa shape index (κ1) is 14.8. The molecule has 1 atom stereocenters. The van der Waals surface area contributed by atoms with Crippen LogP contribution in [0.5, 0.6) is 5.75 Å². The first-order valence-electron chi connectivity index (χ1n) is 7.00. The summed E-state index contributed by atoms with van der Waals surface area (Å²) in [5.74, 6) is 0.772. The number of ether oxygens (including phenoxy) is 1. The molecule has 1 aromatic carbocycles. The van der Waals surface area contributed by atoms with Gasteiger partial charge in [-0.15, -0.1) is 0 Å². The number of hydrogen-bond acceptors (Lipinski definition) is 4. The summed E-state index contributed by atoms with van der Waals surface area (Å²) in [6, 6.07) is 9.79. The van der Waals surface area contributed by atoms with Crippen LogP contribution in [0.3, 0.4) is 0 Å². The summed E-state index contributed by atoms with van der Waals surface area (Å²) in [5.41, 5.74) is 0.493. The molecule has 0 bridgehead atoms. The Kier molecular flexibility index (Phi) is 4.93. The number of hydrogen-bond donors (Lipinski definition) is 2. The van der Waals surface area contributed by atoms with Gasteiger partial charge in [0.2, 0.25) is 0 Å². The zero-order valence-electron chi connectivity index (χ0n) is 12.1. The lowest BCUT2D eigenvalue weighted by molar-refractivity contribution is 0.116. The van der Waals surface area contributed by atoms with Crippen molar-refractivity contribution in [2.75, 3.05) is 19.8 Å². The van der Waals surface area contributed by atoms with Crippen molar-refractivity contribution in [3.8, 4) is 5.75 Å². The number of nitrogens with zero attached hydrogens (tertiary/aromatic N) is 1. The molecular formula is C16H22N2O2. The van der Waals surface area contributed by atoms with Crippen molar-refractivity contribution in [2.24, 2.45) is 0 Å². The van der Waals surface area contributed by atoms with E-state index >= 15 is 0 Å². The highest BCUT2D eigenvalue weighted by molar-refractivity contribution is 5.79. The fourth-order valence-corrected chi connectivity index (χ4v) is 1.96. The van der Waals surface area contributed by atoms with Gasteiger partial charge in [0.25, 0.3) is 0 Å². The molecule has 4 nitrogen and oxygen atoms in total. The number of nitrogens with one attached hydrogen (secondary N) is 1. The zero-order valence-corrected chi connectivity index (χ0v) is 12.1. The van der Waals surface area contributed by atoms with Gasteiger partial charge in [-0.05, 0) is 38.1 Å². The molecule has 2 aromatic rings. The van der Waals surface area contributed by atoms with Gasteiger partial charge < -0.3 is 15.2 Å². The van der Waals surface area contributed by atoms with E-state index in [9.17, 15) is 5.11 Å².